The van der Waals surface area contributed by atoms with Crippen molar-refractivity contribution in [2.75, 3.05) is 0 Å². The van der Waals surface area contributed by atoms with Gasteiger partial charge in [0, 0.05) is 0 Å². The van der Waals surface area contributed by atoms with Gasteiger partial charge in [-0.05, 0) is 103 Å². The molecule has 0 aliphatic heterocycles. The topological polar surface area (TPSA) is 0 Å². The van der Waals surface area contributed by atoms with E-state index in [4.69, 9.17) is 0 Å². The fourth-order valence-electron chi connectivity index (χ4n) is 7.73. The molecular formula is C44H26. The predicted octanol–water partition coefficient (Wildman–Crippen LogP) is 12.6. The van der Waals surface area contributed by atoms with Crippen molar-refractivity contribution in [3.05, 3.63) is 158 Å². The van der Waals surface area contributed by atoms with Gasteiger partial charge in [-0.2, -0.15) is 0 Å². The third kappa shape index (κ3) is 3.28. The predicted molar refractivity (Wildman–Crippen MR) is 192 cm³/mol. The largest absolute Gasteiger partial charge is 0.0616 e. The molecule has 10 rings (SSSR count). The highest BCUT2D eigenvalue weighted by molar-refractivity contribution is 6.25. The number of fused-ring (bicyclic) bond motifs is 14. The maximum Gasteiger partial charge on any atom is -0.00266 e. The summed E-state index contributed by atoms with van der Waals surface area (Å²) in [6.45, 7) is 0. The van der Waals surface area contributed by atoms with Gasteiger partial charge in [0.15, 0.2) is 0 Å². The lowest BCUT2D eigenvalue weighted by Crippen LogP contribution is -1.87. The third-order valence-electron chi connectivity index (χ3n) is 9.82. The molecule has 0 spiro atoms. The summed E-state index contributed by atoms with van der Waals surface area (Å²) in [5.41, 5.74) is 2.53. The fraction of sp³-hybridized carbons (Fsp3) is 0. The van der Waals surface area contributed by atoms with Crippen LogP contribution in [0.4, 0.5) is 0 Å². The van der Waals surface area contributed by atoms with Crippen molar-refractivity contribution in [1.29, 1.82) is 0 Å². The highest BCUT2D eigenvalue weighted by atomic mass is 14.2. The molecule has 202 valence electrons. The molecule has 0 unspecified atom stereocenters. The number of hydrogen-bond acceptors (Lipinski definition) is 0. The van der Waals surface area contributed by atoms with Crippen LogP contribution in [-0.4, -0.2) is 0 Å². The van der Waals surface area contributed by atoms with Gasteiger partial charge in [0.2, 0.25) is 0 Å². The highest BCUT2D eigenvalue weighted by Crippen LogP contribution is 2.41. The summed E-state index contributed by atoms with van der Waals surface area (Å²) in [5, 5.41) is 20.8. The third-order valence-corrected chi connectivity index (χ3v) is 9.82. The summed E-state index contributed by atoms with van der Waals surface area (Å²) in [5.74, 6) is 0. The van der Waals surface area contributed by atoms with Gasteiger partial charge >= 0.3 is 0 Å². The summed E-state index contributed by atoms with van der Waals surface area (Å²) < 4.78 is 0. The van der Waals surface area contributed by atoms with Crippen molar-refractivity contribution >= 4 is 86.2 Å². The van der Waals surface area contributed by atoms with E-state index in [1.807, 2.05) is 0 Å². The number of rotatable bonds is 1. The number of benzene rings is 10. The van der Waals surface area contributed by atoms with Crippen molar-refractivity contribution in [3.8, 4) is 11.1 Å². The lowest BCUT2D eigenvalue weighted by atomic mass is 9.89. The first-order chi connectivity index (χ1) is 21.8. The summed E-state index contributed by atoms with van der Waals surface area (Å²) >= 11 is 0. The van der Waals surface area contributed by atoms with Gasteiger partial charge in [0.1, 0.15) is 0 Å². The van der Waals surface area contributed by atoms with Crippen LogP contribution in [0, 0.1) is 0 Å². The van der Waals surface area contributed by atoms with Gasteiger partial charge in [-0.15, -0.1) is 0 Å². The van der Waals surface area contributed by atoms with E-state index in [0.717, 1.165) is 0 Å². The van der Waals surface area contributed by atoms with Gasteiger partial charge in [-0.3, -0.25) is 0 Å². The zero-order chi connectivity index (χ0) is 28.8. The zero-order valence-electron chi connectivity index (χ0n) is 24.0. The van der Waals surface area contributed by atoms with Crippen molar-refractivity contribution in [3.63, 3.8) is 0 Å². The maximum absolute atomic E-state index is 2.41. The Balaban J connectivity index is 1.25. The van der Waals surface area contributed by atoms with Gasteiger partial charge < -0.3 is 0 Å². The molecule has 0 atom stereocenters. The Kier molecular flexibility index (Phi) is 4.81. The van der Waals surface area contributed by atoms with Crippen LogP contribution in [-0.2, 0) is 0 Å². The molecule has 0 aromatic heterocycles. The molecule has 0 bridgehead atoms. The molecule has 0 amide bonds. The minimum atomic E-state index is 1.25. The van der Waals surface area contributed by atoms with E-state index in [1.165, 1.54) is 97.3 Å². The van der Waals surface area contributed by atoms with E-state index in [2.05, 4.69) is 158 Å². The first kappa shape index (κ1) is 23.8. The van der Waals surface area contributed by atoms with Crippen molar-refractivity contribution < 1.29 is 0 Å². The van der Waals surface area contributed by atoms with Crippen LogP contribution < -0.4 is 0 Å². The first-order valence-corrected chi connectivity index (χ1v) is 15.4. The van der Waals surface area contributed by atoms with E-state index in [9.17, 15) is 0 Å². The average molecular weight is 555 g/mol. The van der Waals surface area contributed by atoms with Crippen LogP contribution in [0.5, 0.6) is 0 Å². The van der Waals surface area contributed by atoms with Crippen LogP contribution in [0.2, 0.25) is 0 Å². The van der Waals surface area contributed by atoms with E-state index in [-0.39, 0.29) is 0 Å². The standard InChI is InChI=1S/C44H26/c1-3-9-32-27(6-1)14-18-37-35(32)22-23-41-39(37)20-16-29-12-13-31(26-43(29)41)34-11-5-8-30-17-21-40-38-19-15-28-7-2-4-10-33(28)36(38)24-25-42(40)44(30)34/h1-26H. The second-order valence-corrected chi connectivity index (χ2v) is 12.1. The summed E-state index contributed by atoms with van der Waals surface area (Å²) in [4.78, 5) is 0. The molecule has 0 fully saturated rings. The highest BCUT2D eigenvalue weighted by Gasteiger charge is 2.13. The molecule has 0 aliphatic carbocycles. The van der Waals surface area contributed by atoms with E-state index < -0.39 is 0 Å². The lowest BCUT2D eigenvalue weighted by molar-refractivity contribution is 1.71. The summed E-state index contributed by atoms with van der Waals surface area (Å²) in [7, 11) is 0. The molecule has 10 aromatic rings. The molecule has 0 radical (unpaired) electrons. The summed E-state index contributed by atoms with van der Waals surface area (Å²) in [6.07, 6.45) is 0. The monoisotopic (exact) mass is 554 g/mol. The van der Waals surface area contributed by atoms with Crippen molar-refractivity contribution in [1.82, 2.24) is 0 Å². The Morgan fingerprint density at radius 1 is 0.227 bits per heavy atom. The van der Waals surface area contributed by atoms with Crippen LogP contribution in [0.15, 0.2) is 158 Å². The van der Waals surface area contributed by atoms with E-state index in [1.54, 1.807) is 0 Å². The molecule has 10 aromatic carbocycles. The Labute approximate surface area is 254 Å². The van der Waals surface area contributed by atoms with E-state index in [0.29, 0.717) is 0 Å². The molecule has 0 aliphatic rings. The quantitative estimate of drug-likeness (QED) is 0.177. The molecule has 44 heavy (non-hydrogen) atoms. The van der Waals surface area contributed by atoms with Crippen LogP contribution in [0.25, 0.3) is 97.3 Å². The second-order valence-electron chi connectivity index (χ2n) is 12.1. The Morgan fingerprint density at radius 2 is 0.636 bits per heavy atom. The molecule has 0 N–H and O–H groups in total. The normalized spacial score (nSPS) is 12.1. The molecule has 0 nitrogen and oxygen atoms in total. The van der Waals surface area contributed by atoms with Gasteiger partial charge in [-0.1, -0.05) is 152 Å². The summed E-state index contributed by atoms with van der Waals surface area (Å²) in [6, 6.07) is 58.7. The Bertz CT molecular complexity index is 2820. The van der Waals surface area contributed by atoms with Crippen LogP contribution >= 0.6 is 0 Å². The van der Waals surface area contributed by atoms with E-state index >= 15 is 0 Å². The van der Waals surface area contributed by atoms with Crippen LogP contribution in [0.1, 0.15) is 0 Å². The van der Waals surface area contributed by atoms with Crippen LogP contribution in [0.3, 0.4) is 0 Å². The average Bonchev–Trinajstić information content (AvgIpc) is 3.10. The Morgan fingerprint density at radius 3 is 1.27 bits per heavy atom. The molecule has 0 heterocycles. The van der Waals surface area contributed by atoms with Crippen molar-refractivity contribution in [2.45, 2.75) is 0 Å². The van der Waals surface area contributed by atoms with Gasteiger partial charge in [0.05, 0.1) is 0 Å². The maximum atomic E-state index is 2.41. The van der Waals surface area contributed by atoms with Gasteiger partial charge in [-0.25, -0.2) is 0 Å². The minimum absolute atomic E-state index is 1.25. The Hall–Kier alpha value is -5.72. The smallest absolute Gasteiger partial charge is 0.00266 e. The van der Waals surface area contributed by atoms with Crippen molar-refractivity contribution in [2.24, 2.45) is 0 Å². The molecule has 0 saturated carbocycles. The number of hydrogen-bond donors (Lipinski definition) is 0. The minimum Gasteiger partial charge on any atom is -0.0616 e. The molecular weight excluding hydrogens is 528 g/mol. The van der Waals surface area contributed by atoms with Gasteiger partial charge in [0.25, 0.3) is 0 Å². The second kappa shape index (κ2) is 8.89. The lowest BCUT2D eigenvalue weighted by Gasteiger charge is -2.14. The SMILES string of the molecule is c1ccc2c(c1)ccc1c2ccc2c3cc(-c4cccc5ccc6c7ccc8ccccc8c7ccc6c45)ccc3ccc21. The first-order valence-electron chi connectivity index (χ1n) is 15.4. The molecule has 0 saturated heterocycles. The molecule has 0 heteroatoms. The fourth-order valence-corrected chi connectivity index (χ4v) is 7.73. The zero-order valence-corrected chi connectivity index (χ0v) is 24.0.